The third-order valence-electron chi connectivity index (χ3n) is 4.42. The third kappa shape index (κ3) is 3.48. The van der Waals surface area contributed by atoms with Crippen LogP contribution in [0.1, 0.15) is 46.7 Å². The Morgan fingerprint density at radius 2 is 1.93 bits per heavy atom. The second kappa shape index (κ2) is 7.32. The summed E-state index contributed by atoms with van der Waals surface area (Å²) in [4.78, 5) is 18.5. The van der Waals surface area contributed by atoms with Gasteiger partial charge >= 0.3 is 0 Å². The highest BCUT2D eigenvalue weighted by atomic mass is 32.1. The first-order valence-electron chi connectivity index (χ1n) is 8.86. The number of thiophene rings is 1. The number of aromatic nitrogens is 3. The van der Waals surface area contributed by atoms with Crippen molar-refractivity contribution >= 4 is 28.3 Å². The number of hydrogen-bond donors (Lipinski definition) is 1. The number of rotatable bonds is 5. The van der Waals surface area contributed by atoms with Crippen LogP contribution in [-0.2, 0) is 0 Å². The van der Waals surface area contributed by atoms with Crippen LogP contribution in [-0.4, -0.2) is 20.7 Å². The molecule has 1 atom stereocenters. The zero-order valence-electron chi connectivity index (χ0n) is 15.2. The van der Waals surface area contributed by atoms with Crippen LogP contribution in [0.2, 0.25) is 0 Å². The summed E-state index contributed by atoms with van der Waals surface area (Å²) in [6, 6.07) is 15.9. The molecule has 0 aliphatic heterocycles. The SMILES string of the molecule is CC(C)n1ncc2cc(C(=O)NC(c3ccccc3)c3cccs3)cnc21. The lowest BCUT2D eigenvalue weighted by molar-refractivity contribution is 0.0943. The van der Waals surface area contributed by atoms with Crippen LogP contribution in [0.15, 0.2) is 66.3 Å². The lowest BCUT2D eigenvalue weighted by atomic mass is 10.0. The first-order valence-corrected chi connectivity index (χ1v) is 9.74. The van der Waals surface area contributed by atoms with E-state index in [0.29, 0.717) is 5.56 Å². The minimum Gasteiger partial charge on any atom is -0.340 e. The summed E-state index contributed by atoms with van der Waals surface area (Å²) in [5.74, 6) is -0.149. The van der Waals surface area contributed by atoms with Gasteiger partial charge in [0.15, 0.2) is 5.65 Å². The van der Waals surface area contributed by atoms with Crippen molar-refractivity contribution < 1.29 is 4.79 Å². The summed E-state index contributed by atoms with van der Waals surface area (Å²) in [5, 5.41) is 10.4. The Morgan fingerprint density at radius 1 is 1.11 bits per heavy atom. The molecule has 1 unspecified atom stereocenters. The van der Waals surface area contributed by atoms with E-state index >= 15 is 0 Å². The number of carbonyl (C=O) groups excluding carboxylic acids is 1. The van der Waals surface area contributed by atoms with Crippen molar-refractivity contribution in [1.82, 2.24) is 20.1 Å². The van der Waals surface area contributed by atoms with Gasteiger partial charge in [-0.2, -0.15) is 5.10 Å². The first-order chi connectivity index (χ1) is 13.1. The van der Waals surface area contributed by atoms with Crippen molar-refractivity contribution in [3.63, 3.8) is 0 Å². The normalized spacial score (nSPS) is 12.4. The average Bonchev–Trinajstić information content (AvgIpc) is 3.35. The van der Waals surface area contributed by atoms with Crippen LogP contribution in [0.25, 0.3) is 11.0 Å². The largest absolute Gasteiger partial charge is 0.340 e. The molecule has 0 aliphatic carbocycles. The van der Waals surface area contributed by atoms with E-state index in [1.54, 1.807) is 23.7 Å². The molecule has 4 aromatic rings. The summed E-state index contributed by atoms with van der Waals surface area (Å²) in [7, 11) is 0. The fourth-order valence-corrected chi connectivity index (χ4v) is 3.88. The molecule has 136 valence electrons. The van der Waals surface area contributed by atoms with Gasteiger partial charge < -0.3 is 5.32 Å². The molecule has 3 heterocycles. The molecule has 0 spiro atoms. The van der Waals surface area contributed by atoms with Gasteiger partial charge in [-0.1, -0.05) is 36.4 Å². The maximum atomic E-state index is 12.9. The fourth-order valence-electron chi connectivity index (χ4n) is 3.08. The second-order valence-electron chi connectivity index (χ2n) is 6.65. The summed E-state index contributed by atoms with van der Waals surface area (Å²) < 4.78 is 1.86. The molecule has 0 aliphatic rings. The van der Waals surface area contributed by atoms with E-state index in [-0.39, 0.29) is 18.0 Å². The molecule has 0 fully saturated rings. The number of benzene rings is 1. The zero-order valence-corrected chi connectivity index (χ0v) is 16.0. The highest BCUT2D eigenvalue weighted by Crippen LogP contribution is 2.26. The van der Waals surface area contributed by atoms with Crippen LogP contribution in [0.3, 0.4) is 0 Å². The quantitative estimate of drug-likeness (QED) is 0.554. The third-order valence-corrected chi connectivity index (χ3v) is 5.36. The summed E-state index contributed by atoms with van der Waals surface area (Å²) >= 11 is 1.63. The minimum absolute atomic E-state index is 0.149. The van der Waals surface area contributed by atoms with E-state index in [1.165, 1.54) is 0 Å². The molecule has 0 bridgehead atoms. The van der Waals surface area contributed by atoms with Crippen molar-refractivity contribution in [3.05, 3.63) is 82.3 Å². The van der Waals surface area contributed by atoms with E-state index < -0.39 is 0 Å². The summed E-state index contributed by atoms with van der Waals surface area (Å²) in [6.07, 6.45) is 3.38. The second-order valence-corrected chi connectivity index (χ2v) is 7.63. The molecule has 27 heavy (non-hydrogen) atoms. The van der Waals surface area contributed by atoms with Crippen LogP contribution in [0.4, 0.5) is 0 Å². The van der Waals surface area contributed by atoms with Crippen LogP contribution < -0.4 is 5.32 Å². The molecule has 1 N–H and O–H groups in total. The molecule has 1 amide bonds. The van der Waals surface area contributed by atoms with Gasteiger partial charge in [-0.15, -0.1) is 11.3 Å². The number of hydrogen-bond acceptors (Lipinski definition) is 4. The molecule has 3 aromatic heterocycles. The first kappa shape index (κ1) is 17.4. The topological polar surface area (TPSA) is 59.8 Å². The predicted molar refractivity (Wildman–Crippen MR) is 108 cm³/mol. The summed E-state index contributed by atoms with van der Waals surface area (Å²) in [6.45, 7) is 4.11. The minimum atomic E-state index is -0.187. The Morgan fingerprint density at radius 3 is 2.63 bits per heavy atom. The highest BCUT2D eigenvalue weighted by Gasteiger charge is 2.19. The molecular weight excluding hydrogens is 356 g/mol. The van der Waals surface area contributed by atoms with E-state index in [1.807, 2.05) is 58.6 Å². The van der Waals surface area contributed by atoms with E-state index in [4.69, 9.17) is 0 Å². The standard InChI is InChI=1S/C21H20N4OS/c1-14(2)25-20-16(13-23-25)11-17(12-22-20)21(26)24-19(18-9-6-10-27-18)15-7-4-3-5-8-15/h3-14,19H,1-2H3,(H,24,26). The number of carbonyl (C=O) groups is 1. The van der Waals surface area contributed by atoms with Gasteiger partial charge in [-0.05, 0) is 36.9 Å². The average molecular weight is 376 g/mol. The maximum Gasteiger partial charge on any atom is 0.253 e. The molecule has 4 rings (SSSR count). The lowest BCUT2D eigenvalue weighted by Gasteiger charge is -2.18. The van der Waals surface area contributed by atoms with Crippen molar-refractivity contribution in [2.75, 3.05) is 0 Å². The molecule has 0 radical (unpaired) electrons. The highest BCUT2D eigenvalue weighted by molar-refractivity contribution is 7.10. The van der Waals surface area contributed by atoms with Gasteiger partial charge in [0.05, 0.1) is 17.8 Å². The number of nitrogens with one attached hydrogen (secondary N) is 1. The van der Waals surface area contributed by atoms with Crippen molar-refractivity contribution in [3.8, 4) is 0 Å². The molecule has 5 nitrogen and oxygen atoms in total. The van der Waals surface area contributed by atoms with E-state index in [2.05, 4.69) is 29.2 Å². The number of fused-ring (bicyclic) bond motifs is 1. The Balaban J connectivity index is 1.64. The Bertz CT molecular complexity index is 1050. The van der Waals surface area contributed by atoms with Crippen molar-refractivity contribution in [2.24, 2.45) is 0 Å². The molecule has 6 heteroatoms. The number of amides is 1. The van der Waals surface area contributed by atoms with Crippen LogP contribution >= 0.6 is 11.3 Å². The van der Waals surface area contributed by atoms with Crippen LogP contribution in [0.5, 0.6) is 0 Å². The van der Waals surface area contributed by atoms with Crippen molar-refractivity contribution in [1.29, 1.82) is 0 Å². The smallest absolute Gasteiger partial charge is 0.253 e. The van der Waals surface area contributed by atoms with Crippen LogP contribution in [0, 0.1) is 0 Å². The Hall–Kier alpha value is -2.99. The van der Waals surface area contributed by atoms with E-state index in [9.17, 15) is 4.79 Å². The Labute approximate surface area is 161 Å². The van der Waals surface area contributed by atoms with Gasteiger partial charge in [-0.25, -0.2) is 9.67 Å². The van der Waals surface area contributed by atoms with Gasteiger partial charge in [0.25, 0.3) is 5.91 Å². The molecule has 0 saturated heterocycles. The Kier molecular flexibility index (Phi) is 4.73. The summed E-state index contributed by atoms with van der Waals surface area (Å²) in [5.41, 5.74) is 2.37. The number of nitrogens with zero attached hydrogens (tertiary/aromatic N) is 3. The van der Waals surface area contributed by atoms with E-state index in [0.717, 1.165) is 21.5 Å². The van der Waals surface area contributed by atoms with Gasteiger partial charge in [0, 0.05) is 22.5 Å². The molecule has 0 saturated carbocycles. The lowest BCUT2D eigenvalue weighted by Crippen LogP contribution is -2.28. The molecule has 1 aromatic carbocycles. The maximum absolute atomic E-state index is 12.9. The zero-order chi connectivity index (χ0) is 18.8. The van der Waals surface area contributed by atoms with Gasteiger partial charge in [0.2, 0.25) is 0 Å². The monoisotopic (exact) mass is 376 g/mol. The predicted octanol–water partition coefficient (Wildman–Crippen LogP) is 4.59. The number of pyridine rings is 1. The molecular formula is C21H20N4OS. The fraction of sp³-hybridized carbons (Fsp3) is 0.190. The van der Waals surface area contributed by atoms with Crippen molar-refractivity contribution in [2.45, 2.75) is 25.9 Å². The van der Waals surface area contributed by atoms with Gasteiger partial charge in [0.1, 0.15) is 0 Å². The van der Waals surface area contributed by atoms with Gasteiger partial charge in [-0.3, -0.25) is 4.79 Å².